The van der Waals surface area contributed by atoms with Gasteiger partial charge in [0.05, 0.1) is 24.3 Å². The fourth-order valence-electron chi connectivity index (χ4n) is 5.23. The minimum atomic E-state index is -0.589. The molecule has 0 radical (unpaired) electrons. The lowest BCUT2D eigenvalue weighted by Crippen LogP contribution is -2.42. The number of aliphatic hydroxyl groups excluding tert-OH is 1. The largest absolute Gasteiger partial charge is 0.503 e. The lowest BCUT2D eigenvalue weighted by Gasteiger charge is -2.35. The molecule has 8 heteroatoms. The van der Waals surface area contributed by atoms with E-state index in [0.29, 0.717) is 22.5 Å². The zero-order valence-electron chi connectivity index (χ0n) is 19.8. The van der Waals surface area contributed by atoms with Gasteiger partial charge in [0, 0.05) is 22.9 Å². The van der Waals surface area contributed by atoms with Crippen LogP contribution in [0.25, 0.3) is 11.3 Å². The summed E-state index contributed by atoms with van der Waals surface area (Å²) in [5.41, 5.74) is 2.81. The number of ether oxygens (including phenoxy) is 1. The Balaban J connectivity index is 1.51. The molecular formula is C28H26N2O6. The monoisotopic (exact) mass is 486 g/mol. The van der Waals surface area contributed by atoms with Crippen LogP contribution in [0.1, 0.15) is 52.8 Å². The number of anilines is 1. The van der Waals surface area contributed by atoms with E-state index in [1.165, 1.54) is 37.6 Å². The molecule has 8 nitrogen and oxygen atoms in total. The molecule has 1 amide bonds. The van der Waals surface area contributed by atoms with Crippen LogP contribution < -0.4 is 4.90 Å². The second kappa shape index (κ2) is 9.81. The number of hydrogen-bond acceptors (Lipinski definition) is 7. The van der Waals surface area contributed by atoms with Gasteiger partial charge in [-0.25, -0.2) is 4.79 Å². The molecular weight excluding hydrogens is 460 g/mol. The number of carbonyl (C=O) groups excluding carboxylic acids is 3. The van der Waals surface area contributed by atoms with Crippen molar-refractivity contribution in [2.75, 3.05) is 12.0 Å². The van der Waals surface area contributed by atoms with E-state index in [9.17, 15) is 19.5 Å². The van der Waals surface area contributed by atoms with Gasteiger partial charge in [0.25, 0.3) is 5.91 Å². The zero-order valence-corrected chi connectivity index (χ0v) is 19.8. The Hall–Kier alpha value is -4.20. The Morgan fingerprint density at radius 2 is 1.64 bits per heavy atom. The van der Waals surface area contributed by atoms with Gasteiger partial charge in [-0.2, -0.15) is 0 Å². The van der Waals surface area contributed by atoms with Crippen molar-refractivity contribution in [3.05, 3.63) is 83.3 Å². The number of amides is 1. The second-order valence-corrected chi connectivity index (χ2v) is 9.11. The molecule has 0 spiro atoms. The number of Topliss-reactive ketones (excluding diaryl/α,β-unsaturated/α-hetero) is 1. The number of hydrogen-bond donors (Lipinski definition) is 1. The third-order valence-electron chi connectivity index (χ3n) is 7.04. The van der Waals surface area contributed by atoms with Crippen LogP contribution in [0.15, 0.2) is 76.7 Å². The predicted molar refractivity (Wildman–Crippen MR) is 132 cm³/mol. The molecule has 2 aliphatic rings. The van der Waals surface area contributed by atoms with Gasteiger partial charge in [0.15, 0.2) is 11.5 Å². The number of ketones is 1. The van der Waals surface area contributed by atoms with Crippen molar-refractivity contribution in [3.8, 4) is 11.3 Å². The van der Waals surface area contributed by atoms with E-state index in [0.717, 1.165) is 37.7 Å². The van der Waals surface area contributed by atoms with Gasteiger partial charge < -0.3 is 14.4 Å². The van der Waals surface area contributed by atoms with Crippen LogP contribution in [0.4, 0.5) is 5.69 Å². The lowest BCUT2D eigenvalue weighted by atomic mass is 9.79. The van der Waals surface area contributed by atoms with Crippen molar-refractivity contribution in [2.45, 2.75) is 38.1 Å². The van der Waals surface area contributed by atoms with Crippen LogP contribution in [0.2, 0.25) is 0 Å². The van der Waals surface area contributed by atoms with Crippen molar-refractivity contribution in [2.24, 2.45) is 5.92 Å². The van der Waals surface area contributed by atoms with Crippen molar-refractivity contribution in [3.63, 3.8) is 0 Å². The quantitative estimate of drug-likeness (QED) is 0.380. The molecule has 1 unspecified atom stereocenters. The number of benzene rings is 2. The Kier molecular flexibility index (Phi) is 6.41. The molecule has 3 aromatic rings. The van der Waals surface area contributed by atoms with Crippen molar-refractivity contribution < 1.29 is 28.8 Å². The second-order valence-electron chi connectivity index (χ2n) is 9.11. The third-order valence-corrected chi connectivity index (χ3v) is 7.04. The number of aliphatic hydroxyl groups is 1. The van der Waals surface area contributed by atoms with Crippen LogP contribution in [0.3, 0.4) is 0 Å². The van der Waals surface area contributed by atoms with Crippen LogP contribution in [0, 0.1) is 5.92 Å². The van der Waals surface area contributed by atoms with Gasteiger partial charge in [-0.05, 0) is 43.0 Å². The van der Waals surface area contributed by atoms with Crippen molar-refractivity contribution >= 4 is 23.3 Å². The highest BCUT2D eigenvalue weighted by Crippen LogP contribution is 2.41. The maximum Gasteiger partial charge on any atom is 0.337 e. The van der Waals surface area contributed by atoms with E-state index >= 15 is 0 Å². The molecule has 1 N–H and O–H groups in total. The normalized spacial score (nSPS) is 18.5. The van der Waals surface area contributed by atoms with E-state index in [2.05, 4.69) is 5.16 Å². The summed E-state index contributed by atoms with van der Waals surface area (Å²) in [6.07, 6.45) is 6.32. The first-order chi connectivity index (χ1) is 17.5. The average Bonchev–Trinajstić information content (AvgIpc) is 3.56. The summed E-state index contributed by atoms with van der Waals surface area (Å²) in [4.78, 5) is 40.4. The third kappa shape index (κ3) is 4.19. The SMILES string of the molecule is COC(=O)c1ccc(C(=O)C2=C(O)C(=O)N(c3ccc(-c4ccon4)cc3)C2C2CCCCC2)cc1. The fraction of sp³-hybridized carbons (Fsp3) is 0.286. The molecule has 1 aliphatic carbocycles. The first kappa shape index (κ1) is 23.5. The minimum absolute atomic E-state index is 0.0378. The molecule has 36 heavy (non-hydrogen) atoms. The number of carbonyl (C=O) groups is 3. The summed E-state index contributed by atoms with van der Waals surface area (Å²) in [6, 6.07) is 14.5. The summed E-state index contributed by atoms with van der Waals surface area (Å²) >= 11 is 0. The lowest BCUT2D eigenvalue weighted by molar-refractivity contribution is -0.117. The molecule has 184 valence electrons. The molecule has 1 saturated carbocycles. The van der Waals surface area contributed by atoms with Crippen LogP contribution >= 0.6 is 0 Å². The number of rotatable bonds is 6. The predicted octanol–water partition coefficient (Wildman–Crippen LogP) is 5.12. The van der Waals surface area contributed by atoms with E-state index in [1.807, 2.05) is 12.1 Å². The Labute approximate surface area is 208 Å². The van der Waals surface area contributed by atoms with Crippen LogP contribution in [0.5, 0.6) is 0 Å². The Bertz CT molecular complexity index is 1300. The highest BCUT2D eigenvalue weighted by atomic mass is 16.5. The van der Waals surface area contributed by atoms with Gasteiger partial charge in [-0.1, -0.05) is 48.7 Å². The molecule has 2 aromatic carbocycles. The molecule has 2 heterocycles. The zero-order chi connectivity index (χ0) is 25.2. The van der Waals surface area contributed by atoms with Gasteiger partial charge in [0.1, 0.15) is 12.0 Å². The Morgan fingerprint density at radius 3 is 2.25 bits per heavy atom. The molecule has 5 rings (SSSR count). The first-order valence-electron chi connectivity index (χ1n) is 12.0. The average molecular weight is 487 g/mol. The number of nitrogens with zero attached hydrogens (tertiary/aromatic N) is 2. The maximum atomic E-state index is 13.7. The summed E-state index contributed by atoms with van der Waals surface area (Å²) in [6.45, 7) is 0. The Morgan fingerprint density at radius 1 is 0.972 bits per heavy atom. The van der Waals surface area contributed by atoms with E-state index in [-0.39, 0.29) is 11.5 Å². The van der Waals surface area contributed by atoms with E-state index in [1.54, 1.807) is 23.1 Å². The van der Waals surface area contributed by atoms with Gasteiger partial charge >= 0.3 is 5.97 Å². The smallest absolute Gasteiger partial charge is 0.337 e. The molecule has 0 bridgehead atoms. The van der Waals surface area contributed by atoms with Crippen LogP contribution in [-0.2, 0) is 9.53 Å². The topological polar surface area (TPSA) is 110 Å². The van der Waals surface area contributed by atoms with Crippen LogP contribution in [-0.4, -0.2) is 41.1 Å². The number of aromatic nitrogens is 1. The summed E-state index contributed by atoms with van der Waals surface area (Å²) in [5.74, 6) is -2.00. The number of methoxy groups -OCH3 is 1. The highest BCUT2D eigenvalue weighted by molar-refractivity contribution is 6.21. The molecule has 1 fully saturated rings. The van der Waals surface area contributed by atoms with Crippen molar-refractivity contribution in [1.29, 1.82) is 0 Å². The summed E-state index contributed by atoms with van der Waals surface area (Å²) in [5, 5.41) is 14.9. The summed E-state index contributed by atoms with van der Waals surface area (Å²) in [7, 11) is 1.29. The minimum Gasteiger partial charge on any atom is -0.503 e. The highest BCUT2D eigenvalue weighted by Gasteiger charge is 2.47. The van der Waals surface area contributed by atoms with Gasteiger partial charge in [-0.15, -0.1) is 0 Å². The van der Waals surface area contributed by atoms with Gasteiger partial charge in [-0.3, -0.25) is 14.5 Å². The molecule has 1 aliphatic heterocycles. The van der Waals surface area contributed by atoms with E-state index in [4.69, 9.17) is 9.26 Å². The first-order valence-corrected chi connectivity index (χ1v) is 12.0. The maximum absolute atomic E-state index is 13.7. The molecule has 0 saturated heterocycles. The van der Waals surface area contributed by atoms with E-state index < -0.39 is 29.5 Å². The molecule has 1 atom stereocenters. The fourth-order valence-corrected chi connectivity index (χ4v) is 5.23. The number of esters is 1. The standard InChI is InChI=1S/C28H26N2O6/c1-35-28(34)20-9-7-19(8-10-20)25(31)23-24(18-5-3-2-4-6-18)30(27(33)26(23)32)21-13-11-17(12-14-21)22-15-16-36-29-22/h7-16,18,24,32H,2-6H2,1H3. The summed E-state index contributed by atoms with van der Waals surface area (Å²) < 4.78 is 9.64. The van der Waals surface area contributed by atoms with Gasteiger partial charge in [0.2, 0.25) is 0 Å². The molecule has 1 aromatic heterocycles. The van der Waals surface area contributed by atoms with Crippen molar-refractivity contribution in [1.82, 2.24) is 5.16 Å².